The molecule has 4 atom stereocenters. The molecule has 2 aromatic rings. The summed E-state index contributed by atoms with van der Waals surface area (Å²) in [6.45, 7) is 1.89. The van der Waals surface area contributed by atoms with Gasteiger partial charge in [-0.3, -0.25) is 9.59 Å². The summed E-state index contributed by atoms with van der Waals surface area (Å²) < 4.78 is 41.9. The molecule has 1 aromatic carbocycles. The Kier molecular flexibility index (Phi) is 7.59. The van der Waals surface area contributed by atoms with Crippen LogP contribution in [0.25, 0.3) is 0 Å². The van der Waals surface area contributed by atoms with Gasteiger partial charge in [-0.2, -0.15) is 18.2 Å². The Bertz CT molecular complexity index is 1350. The molecule has 4 aliphatic rings. The number of nitrogens with one attached hydrogen (secondary N) is 3. The zero-order valence-electron chi connectivity index (χ0n) is 23.7. The second-order valence-electron chi connectivity index (χ2n) is 12.0. The molecular weight excluding hydrogens is 547 g/mol. The van der Waals surface area contributed by atoms with E-state index in [9.17, 15) is 22.8 Å². The van der Waals surface area contributed by atoms with E-state index in [4.69, 9.17) is 0 Å². The lowest BCUT2D eigenvalue weighted by molar-refractivity contribution is -0.137. The van der Waals surface area contributed by atoms with Gasteiger partial charge in [0.1, 0.15) is 11.4 Å². The Hall–Kier alpha value is -3.67. The van der Waals surface area contributed by atoms with E-state index in [0.29, 0.717) is 11.3 Å². The van der Waals surface area contributed by atoms with Crippen molar-refractivity contribution in [3.63, 3.8) is 0 Å². The van der Waals surface area contributed by atoms with Gasteiger partial charge in [0, 0.05) is 42.6 Å². The minimum absolute atomic E-state index is 0.0141. The molecule has 0 unspecified atom stereocenters. The number of piperidine rings is 1. The van der Waals surface area contributed by atoms with Crippen LogP contribution in [0.2, 0.25) is 0 Å². The van der Waals surface area contributed by atoms with Gasteiger partial charge in [0.2, 0.25) is 11.9 Å². The molecular formula is C30H36F3N7O2. The number of nitrogens with zero attached hydrogens (tertiary/aromatic N) is 4. The van der Waals surface area contributed by atoms with Gasteiger partial charge < -0.3 is 25.8 Å². The molecule has 1 aromatic heterocycles. The number of alkyl halides is 3. The quantitative estimate of drug-likeness (QED) is 0.399. The first kappa shape index (κ1) is 28.4. The molecule has 224 valence electrons. The molecule has 1 aliphatic heterocycles. The van der Waals surface area contributed by atoms with Gasteiger partial charge >= 0.3 is 6.18 Å². The van der Waals surface area contributed by atoms with Crippen molar-refractivity contribution >= 4 is 29.3 Å². The number of hydrogen-bond donors (Lipinski definition) is 3. The third kappa shape index (κ3) is 5.95. The molecule has 2 saturated carbocycles. The Balaban J connectivity index is 1.17. The van der Waals surface area contributed by atoms with Gasteiger partial charge in [-0.05, 0) is 88.3 Å². The first-order chi connectivity index (χ1) is 20.1. The van der Waals surface area contributed by atoms with Crippen LogP contribution < -0.4 is 16.0 Å². The van der Waals surface area contributed by atoms with Gasteiger partial charge in [-0.25, -0.2) is 4.98 Å². The summed E-state index contributed by atoms with van der Waals surface area (Å²) in [5, 5.41) is 8.97. The van der Waals surface area contributed by atoms with Crippen LogP contribution in [0.15, 0.2) is 42.6 Å². The van der Waals surface area contributed by atoms with Crippen molar-refractivity contribution in [1.29, 1.82) is 0 Å². The molecule has 3 aliphatic carbocycles. The third-order valence-electron chi connectivity index (χ3n) is 9.03. The number of hydrogen-bond acceptors (Lipinski definition) is 7. The monoisotopic (exact) mass is 583 g/mol. The second-order valence-corrected chi connectivity index (χ2v) is 12.0. The lowest BCUT2D eigenvalue weighted by atomic mass is 9.88. The number of aromatic nitrogens is 2. The Morgan fingerprint density at radius 3 is 2.38 bits per heavy atom. The predicted molar refractivity (Wildman–Crippen MR) is 152 cm³/mol. The molecule has 1 saturated heterocycles. The highest BCUT2D eigenvalue weighted by molar-refractivity contribution is 5.94. The molecule has 3 N–H and O–H groups in total. The molecule has 9 nitrogen and oxygen atoms in total. The van der Waals surface area contributed by atoms with Gasteiger partial charge in [0.05, 0.1) is 5.92 Å². The van der Waals surface area contributed by atoms with Crippen LogP contribution >= 0.6 is 0 Å². The normalized spacial score (nSPS) is 25.8. The van der Waals surface area contributed by atoms with Crippen LogP contribution in [0.3, 0.4) is 0 Å². The molecule has 3 fully saturated rings. The first-order valence-electron chi connectivity index (χ1n) is 14.6. The number of rotatable bonds is 8. The van der Waals surface area contributed by atoms with E-state index >= 15 is 0 Å². The van der Waals surface area contributed by atoms with Crippen molar-refractivity contribution in [3.8, 4) is 0 Å². The van der Waals surface area contributed by atoms with E-state index in [2.05, 4.69) is 37.9 Å². The summed E-state index contributed by atoms with van der Waals surface area (Å²) >= 11 is 0. The highest BCUT2D eigenvalue weighted by Crippen LogP contribution is 2.46. The Morgan fingerprint density at radius 2 is 1.71 bits per heavy atom. The van der Waals surface area contributed by atoms with Crippen molar-refractivity contribution in [2.45, 2.75) is 56.4 Å². The van der Waals surface area contributed by atoms with Crippen molar-refractivity contribution in [1.82, 2.24) is 25.1 Å². The molecule has 2 bridgehead atoms. The van der Waals surface area contributed by atoms with Crippen LogP contribution in [-0.4, -0.2) is 76.9 Å². The predicted octanol–water partition coefficient (Wildman–Crippen LogP) is 4.29. The van der Waals surface area contributed by atoms with E-state index in [0.717, 1.165) is 51.4 Å². The second kappa shape index (κ2) is 11.2. The summed E-state index contributed by atoms with van der Waals surface area (Å²) in [5.74, 6) is -1.12. The molecule has 12 heteroatoms. The number of likely N-dealkylation sites (tertiary alicyclic amines) is 1. The number of anilines is 3. The summed E-state index contributed by atoms with van der Waals surface area (Å²) in [4.78, 5) is 38.2. The highest BCUT2D eigenvalue weighted by atomic mass is 19.4. The number of carbonyl (C=O) groups is 2. The van der Waals surface area contributed by atoms with Gasteiger partial charge in [-0.1, -0.05) is 12.2 Å². The molecule has 42 heavy (non-hydrogen) atoms. The van der Waals surface area contributed by atoms with Crippen LogP contribution in [0.4, 0.5) is 30.6 Å². The van der Waals surface area contributed by atoms with Gasteiger partial charge in [0.15, 0.2) is 0 Å². The number of amides is 2. The van der Waals surface area contributed by atoms with E-state index in [1.54, 1.807) is 29.2 Å². The van der Waals surface area contributed by atoms with Crippen molar-refractivity contribution < 1.29 is 22.8 Å². The topological polar surface area (TPSA) is 102 Å². The molecule has 2 amide bonds. The number of allylic oxidation sites excluding steroid dienone is 1. The van der Waals surface area contributed by atoms with Crippen LogP contribution in [0.5, 0.6) is 0 Å². The van der Waals surface area contributed by atoms with E-state index in [1.165, 1.54) is 0 Å². The van der Waals surface area contributed by atoms with Crippen LogP contribution in [0.1, 0.15) is 48.0 Å². The van der Waals surface area contributed by atoms with Crippen LogP contribution in [-0.2, 0) is 11.0 Å². The molecule has 2 heterocycles. The minimum Gasteiger partial charge on any atom is -0.365 e. The van der Waals surface area contributed by atoms with E-state index in [1.807, 2.05) is 19.2 Å². The fraction of sp³-hybridized carbons (Fsp3) is 0.533. The summed E-state index contributed by atoms with van der Waals surface area (Å²) in [5.41, 5.74) is 0.0697. The summed E-state index contributed by atoms with van der Waals surface area (Å²) in [6, 6.07) is 6.58. The lowest BCUT2D eigenvalue weighted by Crippen LogP contribution is -2.44. The van der Waals surface area contributed by atoms with Crippen molar-refractivity contribution in [3.05, 3.63) is 53.7 Å². The molecule has 6 rings (SSSR count). The average Bonchev–Trinajstić information content (AvgIpc) is 3.54. The highest BCUT2D eigenvalue weighted by Gasteiger charge is 2.50. The first-order valence-corrected chi connectivity index (χ1v) is 14.6. The SMILES string of the molecule is CN1CCC(N(C)C(=O)c2ccc(Nc3ncc(C(F)(F)F)c(N[C@@H]4[C@H](C(=O)NC5CC5)[C@@H]5C=C[C@H]4C5)n3)cc2)CC1. The smallest absolute Gasteiger partial charge is 0.365 e. The molecule has 0 radical (unpaired) electrons. The molecule has 0 spiro atoms. The number of halogens is 3. The maximum atomic E-state index is 14.0. The van der Waals surface area contributed by atoms with Crippen molar-refractivity contribution in [2.24, 2.45) is 17.8 Å². The van der Waals surface area contributed by atoms with E-state index < -0.39 is 23.7 Å². The number of carbonyl (C=O) groups excluding carboxylic acids is 2. The number of benzene rings is 1. The standard InChI is InChI=1S/C30H36F3N7O2/c1-39-13-11-22(12-14-39)40(2)28(42)17-5-7-21(8-6-17)36-29-34-16-23(30(31,32)33)26(38-29)37-25-19-4-3-18(15-19)24(25)27(41)35-20-9-10-20/h3-8,16,18-20,22,24-25H,9-15H2,1-2H3,(H,35,41)(H2,34,36,37,38)/t18-,19+,24-,25+/m1/s1. The average molecular weight is 584 g/mol. The fourth-order valence-corrected chi connectivity index (χ4v) is 6.40. The Labute approximate surface area is 243 Å². The number of fused-ring (bicyclic) bond motifs is 2. The van der Waals surface area contributed by atoms with Gasteiger partial charge in [-0.15, -0.1) is 0 Å². The minimum atomic E-state index is -4.68. The maximum absolute atomic E-state index is 14.0. The zero-order chi connectivity index (χ0) is 29.6. The summed E-state index contributed by atoms with van der Waals surface area (Å²) in [6.07, 6.45) is 4.48. The fourth-order valence-electron chi connectivity index (χ4n) is 6.40. The maximum Gasteiger partial charge on any atom is 0.421 e. The van der Waals surface area contributed by atoms with Crippen molar-refractivity contribution in [2.75, 3.05) is 37.8 Å². The third-order valence-corrected chi connectivity index (χ3v) is 9.03. The summed E-state index contributed by atoms with van der Waals surface area (Å²) in [7, 11) is 3.89. The van der Waals surface area contributed by atoms with Gasteiger partial charge in [0.25, 0.3) is 5.91 Å². The Morgan fingerprint density at radius 1 is 1.02 bits per heavy atom. The van der Waals surface area contributed by atoms with Crippen LogP contribution in [0, 0.1) is 17.8 Å². The lowest BCUT2D eigenvalue weighted by Gasteiger charge is -2.35. The zero-order valence-corrected chi connectivity index (χ0v) is 23.7. The van der Waals surface area contributed by atoms with E-state index in [-0.39, 0.29) is 47.5 Å². The largest absolute Gasteiger partial charge is 0.421 e.